The highest BCUT2D eigenvalue weighted by Gasteiger charge is 2.11. The summed E-state index contributed by atoms with van der Waals surface area (Å²) < 4.78 is 1.91. The van der Waals surface area contributed by atoms with Crippen molar-refractivity contribution in [1.82, 2.24) is 9.78 Å². The second-order valence-corrected chi connectivity index (χ2v) is 6.81. The molecule has 2 aromatic carbocycles. The van der Waals surface area contributed by atoms with Crippen LogP contribution in [0.1, 0.15) is 52.6 Å². The van der Waals surface area contributed by atoms with Gasteiger partial charge in [0.05, 0.1) is 11.4 Å². The van der Waals surface area contributed by atoms with Crippen molar-refractivity contribution < 1.29 is 4.79 Å². The summed E-state index contributed by atoms with van der Waals surface area (Å²) in [6.07, 6.45) is 3.51. The highest BCUT2D eigenvalue weighted by molar-refractivity contribution is 6.06. The lowest BCUT2D eigenvalue weighted by atomic mass is 10.00. The first kappa shape index (κ1) is 17.9. The molecule has 1 aromatic heterocycles. The summed E-state index contributed by atoms with van der Waals surface area (Å²) in [5.41, 5.74) is 5.88. The van der Waals surface area contributed by atoms with Crippen LogP contribution in [0.25, 0.3) is 11.8 Å². The summed E-state index contributed by atoms with van der Waals surface area (Å²) in [7, 11) is 0. The molecule has 0 radical (unpaired) electrons. The molecule has 3 rings (SSSR count). The maximum Gasteiger partial charge on any atom is 0.185 e. The standard InChI is InChI=1S/C23H24N2O/c1-16(2)19-10-12-20(13-11-19)23(26)15-14-22-17(3)24-25(18(22)4)21-8-6-5-7-9-21/h5-16H,1-4H3/b15-14+. The van der Waals surface area contributed by atoms with Gasteiger partial charge in [-0.1, -0.05) is 56.3 Å². The zero-order valence-electron chi connectivity index (χ0n) is 15.7. The van der Waals surface area contributed by atoms with Gasteiger partial charge in [0.1, 0.15) is 0 Å². The van der Waals surface area contributed by atoms with E-state index in [-0.39, 0.29) is 5.78 Å². The van der Waals surface area contributed by atoms with Crippen molar-refractivity contribution in [3.05, 3.63) is 88.8 Å². The van der Waals surface area contributed by atoms with E-state index in [1.165, 1.54) is 5.56 Å². The minimum absolute atomic E-state index is 0.00608. The van der Waals surface area contributed by atoms with Crippen molar-refractivity contribution in [3.8, 4) is 5.69 Å². The number of allylic oxidation sites excluding steroid dienone is 1. The number of carbonyl (C=O) groups excluding carboxylic acids is 1. The number of hydrogen-bond acceptors (Lipinski definition) is 2. The molecule has 0 aliphatic rings. The average Bonchev–Trinajstić information content (AvgIpc) is 2.94. The Bertz CT molecular complexity index is 932. The van der Waals surface area contributed by atoms with Gasteiger partial charge in [-0.25, -0.2) is 4.68 Å². The molecule has 0 unspecified atom stereocenters. The molecule has 26 heavy (non-hydrogen) atoms. The third kappa shape index (κ3) is 3.67. The lowest BCUT2D eigenvalue weighted by Crippen LogP contribution is -1.98. The van der Waals surface area contributed by atoms with E-state index < -0.39 is 0 Å². The molecule has 0 saturated heterocycles. The molecule has 0 amide bonds. The van der Waals surface area contributed by atoms with Crippen molar-refractivity contribution in [2.75, 3.05) is 0 Å². The van der Waals surface area contributed by atoms with E-state index in [2.05, 4.69) is 18.9 Å². The third-order valence-corrected chi connectivity index (χ3v) is 4.61. The number of rotatable bonds is 5. The topological polar surface area (TPSA) is 34.9 Å². The van der Waals surface area contributed by atoms with E-state index in [4.69, 9.17) is 0 Å². The van der Waals surface area contributed by atoms with Crippen LogP contribution in [0, 0.1) is 13.8 Å². The molecule has 132 valence electrons. The van der Waals surface area contributed by atoms with Crippen LogP contribution in [0.15, 0.2) is 60.7 Å². The van der Waals surface area contributed by atoms with Gasteiger partial charge in [-0.3, -0.25) is 4.79 Å². The van der Waals surface area contributed by atoms with Gasteiger partial charge in [0, 0.05) is 16.8 Å². The minimum atomic E-state index is 0.00608. The summed E-state index contributed by atoms with van der Waals surface area (Å²) in [4.78, 5) is 12.5. The normalized spacial score (nSPS) is 11.4. The molecule has 3 aromatic rings. The predicted molar refractivity (Wildman–Crippen MR) is 107 cm³/mol. The highest BCUT2D eigenvalue weighted by Crippen LogP contribution is 2.20. The lowest BCUT2D eigenvalue weighted by molar-refractivity contribution is 0.104. The summed E-state index contributed by atoms with van der Waals surface area (Å²) in [5, 5.41) is 4.62. The SMILES string of the molecule is Cc1nn(-c2ccccc2)c(C)c1/C=C/C(=O)c1ccc(C(C)C)cc1. The first-order valence-corrected chi connectivity index (χ1v) is 8.91. The van der Waals surface area contributed by atoms with Gasteiger partial charge in [-0.2, -0.15) is 5.10 Å². The fourth-order valence-corrected chi connectivity index (χ4v) is 3.00. The number of hydrogen-bond donors (Lipinski definition) is 0. The fraction of sp³-hybridized carbons (Fsp3) is 0.217. The Morgan fingerprint density at radius 3 is 2.27 bits per heavy atom. The van der Waals surface area contributed by atoms with Crippen LogP contribution in [0.3, 0.4) is 0 Å². The Hall–Kier alpha value is -2.94. The van der Waals surface area contributed by atoms with Crippen molar-refractivity contribution in [1.29, 1.82) is 0 Å². The Labute approximate surface area is 155 Å². The molecule has 0 bridgehead atoms. The molecule has 3 heteroatoms. The lowest BCUT2D eigenvalue weighted by Gasteiger charge is -2.05. The van der Waals surface area contributed by atoms with E-state index in [9.17, 15) is 4.79 Å². The average molecular weight is 344 g/mol. The Morgan fingerprint density at radius 2 is 1.65 bits per heavy atom. The second-order valence-electron chi connectivity index (χ2n) is 6.81. The second kappa shape index (κ2) is 7.52. The van der Waals surface area contributed by atoms with Crippen LogP contribution < -0.4 is 0 Å². The van der Waals surface area contributed by atoms with E-state index in [0.717, 1.165) is 22.6 Å². The van der Waals surface area contributed by atoms with Crippen LogP contribution in [-0.4, -0.2) is 15.6 Å². The first-order chi connectivity index (χ1) is 12.5. The van der Waals surface area contributed by atoms with Crippen molar-refractivity contribution >= 4 is 11.9 Å². The number of aryl methyl sites for hydroxylation is 1. The Morgan fingerprint density at radius 1 is 1.00 bits per heavy atom. The monoisotopic (exact) mass is 344 g/mol. The van der Waals surface area contributed by atoms with Gasteiger partial charge >= 0.3 is 0 Å². The summed E-state index contributed by atoms with van der Waals surface area (Å²) in [6.45, 7) is 8.28. The first-order valence-electron chi connectivity index (χ1n) is 8.91. The van der Waals surface area contributed by atoms with Gasteiger partial charge in [0.15, 0.2) is 5.78 Å². The zero-order chi connectivity index (χ0) is 18.7. The summed E-state index contributed by atoms with van der Waals surface area (Å²) >= 11 is 0. The van der Waals surface area contributed by atoms with E-state index in [0.29, 0.717) is 11.5 Å². The molecular formula is C23H24N2O. The Balaban J connectivity index is 1.84. The zero-order valence-corrected chi connectivity index (χ0v) is 15.7. The number of ketones is 1. The largest absolute Gasteiger partial charge is 0.289 e. The van der Waals surface area contributed by atoms with Crippen LogP contribution >= 0.6 is 0 Å². The Kier molecular flexibility index (Phi) is 5.17. The van der Waals surface area contributed by atoms with Crippen molar-refractivity contribution in [2.45, 2.75) is 33.6 Å². The molecule has 0 atom stereocenters. The van der Waals surface area contributed by atoms with E-state index in [1.54, 1.807) is 6.08 Å². The number of benzene rings is 2. The summed E-state index contributed by atoms with van der Waals surface area (Å²) in [6, 6.07) is 17.9. The van der Waals surface area contributed by atoms with Gasteiger partial charge < -0.3 is 0 Å². The highest BCUT2D eigenvalue weighted by atomic mass is 16.1. The van der Waals surface area contributed by atoms with Gasteiger partial charge in [-0.15, -0.1) is 0 Å². The molecule has 0 aliphatic heterocycles. The van der Waals surface area contributed by atoms with Crippen molar-refractivity contribution in [3.63, 3.8) is 0 Å². The van der Waals surface area contributed by atoms with E-state index in [1.807, 2.05) is 79.2 Å². The fourth-order valence-electron chi connectivity index (χ4n) is 3.00. The number of aromatic nitrogens is 2. The van der Waals surface area contributed by atoms with Crippen LogP contribution in [0.5, 0.6) is 0 Å². The van der Waals surface area contributed by atoms with E-state index >= 15 is 0 Å². The number of nitrogens with zero attached hydrogens (tertiary/aromatic N) is 2. The molecule has 0 spiro atoms. The predicted octanol–water partition coefficient (Wildman–Crippen LogP) is 5.51. The number of carbonyl (C=O) groups is 1. The van der Waals surface area contributed by atoms with Gasteiger partial charge in [-0.05, 0) is 49.6 Å². The molecular weight excluding hydrogens is 320 g/mol. The van der Waals surface area contributed by atoms with Crippen LogP contribution in [-0.2, 0) is 0 Å². The molecule has 1 heterocycles. The molecule has 0 aliphatic carbocycles. The molecule has 0 N–H and O–H groups in total. The van der Waals surface area contributed by atoms with Crippen LogP contribution in [0.4, 0.5) is 0 Å². The molecule has 0 saturated carbocycles. The van der Waals surface area contributed by atoms with Crippen LogP contribution in [0.2, 0.25) is 0 Å². The molecule has 3 nitrogen and oxygen atoms in total. The molecule has 0 fully saturated rings. The number of para-hydroxylation sites is 1. The maximum absolute atomic E-state index is 12.5. The smallest absolute Gasteiger partial charge is 0.185 e. The van der Waals surface area contributed by atoms with Gasteiger partial charge in [0.25, 0.3) is 0 Å². The maximum atomic E-state index is 12.5. The third-order valence-electron chi connectivity index (χ3n) is 4.61. The van der Waals surface area contributed by atoms with Gasteiger partial charge in [0.2, 0.25) is 0 Å². The summed E-state index contributed by atoms with van der Waals surface area (Å²) in [5.74, 6) is 0.468. The quantitative estimate of drug-likeness (QED) is 0.452. The minimum Gasteiger partial charge on any atom is -0.289 e. The van der Waals surface area contributed by atoms with Crippen molar-refractivity contribution in [2.24, 2.45) is 0 Å².